The summed E-state index contributed by atoms with van der Waals surface area (Å²) in [6.07, 6.45) is 0. The number of nitrogens with zero attached hydrogens (tertiary/aromatic N) is 3. The highest BCUT2D eigenvalue weighted by Gasteiger charge is 2.21. The molecule has 2 aromatic carbocycles. The highest BCUT2D eigenvalue weighted by molar-refractivity contribution is 7.22. The molecule has 1 aromatic heterocycles. The standard InChI is InChI=1S/C21H25N3O4S/c1-23(2)10-11-24(20(25)14-28-15-8-6-5-7-9-15)21-22-16-12-17(26-3)18(27-4)13-19(16)29-21/h5-9,12-13H,10-11,14H2,1-4H3. The number of amides is 1. The van der Waals surface area contributed by atoms with Gasteiger partial charge in [0.1, 0.15) is 5.75 Å². The van der Waals surface area contributed by atoms with Gasteiger partial charge in [0, 0.05) is 25.2 Å². The maximum Gasteiger partial charge on any atom is 0.266 e. The first kappa shape index (κ1) is 20.9. The number of thiazole rings is 1. The van der Waals surface area contributed by atoms with Crippen LogP contribution in [0.3, 0.4) is 0 Å². The number of fused-ring (bicyclic) bond motifs is 1. The van der Waals surface area contributed by atoms with Gasteiger partial charge in [-0.3, -0.25) is 9.69 Å². The number of hydrogen-bond donors (Lipinski definition) is 0. The van der Waals surface area contributed by atoms with E-state index in [1.54, 1.807) is 19.1 Å². The number of benzene rings is 2. The van der Waals surface area contributed by atoms with E-state index in [0.29, 0.717) is 35.5 Å². The second-order valence-electron chi connectivity index (χ2n) is 6.62. The third kappa shape index (κ3) is 5.16. The number of ether oxygens (including phenoxy) is 3. The Morgan fingerprint density at radius 1 is 1.03 bits per heavy atom. The Kier molecular flexibility index (Phi) is 6.90. The van der Waals surface area contributed by atoms with Crippen molar-refractivity contribution in [3.05, 3.63) is 42.5 Å². The number of hydrogen-bond acceptors (Lipinski definition) is 7. The lowest BCUT2D eigenvalue weighted by atomic mass is 10.3. The number of methoxy groups -OCH3 is 2. The summed E-state index contributed by atoms with van der Waals surface area (Å²) in [6, 6.07) is 13.0. The molecule has 0 saturated heterocycles. The van der Waals surface area contributed by atoms with Crippen LogP contribution < -0.4 is 19.1 Å². The highest BCUT2D eigenvalue weighted by Crippen LogP contribution is 2.37. The van der Waals surface area contributed by atoms with Crippen LogP contribution in [-0.4, -0.2) is 63.8 Å². The monoisotopic (exact) mass is 415 g/mol. The molecule has 0 fully saturated rings. The molecule has 0 N–H and O–H groups in total. The third-order valence-corrected chi connectivity index (χ3v) is 5.33. The molecule has 0 aliphatic heterocycles. The number of rotatable bonds is 9. The Morgan fingerprint density at radius 3 is 2.38 bits per heavy atom. The van der Waals surface area contributed by atoms with Gasteiger partial charge in [0.15, 0.2) is 23.2 Å². The molecule has 8 heteroatoms. The van der Waals surface area contributed by atoms with Gasteiger partial charge in [-0.15, -0.1) is 0 Å². The minimum absolute atomic E-state index is 0.0555. The van der Waals surface area contributed by atoms with E-state index in [2.05, 4.69) is 4.98 Å². The van der Waals surface area contributed by atoms with Crippen LogP contribution >= 0.6 is 11.3 Å². The van der Waals surface area contributed by atoms with Gasteiger partial charge in [0.25, 0.3) is 5.91 Å². The maximum absolute atomic E-state index is 13.0. The van der Waals surface area contributed by atoms with Gasteiger partial charge in [-0.2, -0.15) is 0 Å². The van der Waals surface area contributed by atoms with E-state index in [-0.39, 0.29) is 12.5 Å². The van der Waals surface area contributed by atoms with Crippen molar-refractivity contribution < 1.29 is 19.0 Å². The quantitative estimate of drug-likeness (QED) is 0.534. The first-order valence-corrected chi connectivity index (χ1v) is 9.99. The number of anilines is 1. The molecule has 0 radical (unpaired) electrons. The summed E-state index contributed by atoms with van der Waals surface area (Å²) in [4.78, 5) is 21.3. The number of carbonyl (C=O) groups excluding carboxylic acids is 1. The highest BCUT2D eigenvalue weighted by atomic mass is 32.1. The lowest BCUT2D eigenvalue weighted by molar-refractivity contribution is -0.120. The Labute approximate surface area is 174 Å². The second kappa shape index (κ2) is 9.58. The van der Waals surface area contributed by atoms with Crippen LogP contribution in [0.25, 0.3) is 10.2 Å². The Bertz CT molecular complexity index is 918. The minimum atomic E-state index is -0.145. The average Bonchev–Trinajstić information content (AvgIpc) is 3.14. The predicted molar refractivity (Wildman–Crippen MR) is 116 cm³/mol. The fourth-order valence-corrected chi connectivity index (χ4v) is 3.74. The number of para-hydroxylation sites is 1. The van der Waals surface area contributed by atoms with Crippen molar-refractivity contribution in [3.8, 4) is 17.2 Å². The van der Waals surface area contributed by atoms with Crippen molar-refractivity contribution in [2.45, 2.75) is 0 Å². The summed E-state index contributed by atoms with van der Waals surface area (Å²) in [5.41, 5.74) is 0.759. The van der Waals surface area contributed by atoms with Crippen LogP contribution in [0.4, 0.5) is 5.13 Å². The molecule has 1 amide bonds. The molecule has 0 unspecified atom stereocenters. The molecule has 7 nitrogen and oxygen atoms in total. The van der Waals surface area contributed by atoms with Gasteiger partial charge in [0.05, 0.1) is 24.4 Å². The summed E-state index contributed by atoms with van der Waals surface area (Å²) in [7, 11) is 7.12. The molecular formula is C21H25N3O4S. The molecule has 0 saturated carbocycles. The molecule has 0 aliphatic rings. The van der Waals surface area contributed by atoms with E-state index in [1.165, 1.54) is 11.3 Å². The van der Waals surface area contributed by atoms with Gasteiger partial charge >= 0.3 is 0 Å². The van der Waals surface area contributed by atoms with Crippen LogP contribution in [-0.2, 0) is 4.79 Å². The minimum Gasteiger partial charge on any atom is -0.493 e. The van der Waals surface area contributed by atoms with Crippen molar-refractivity contribution >= 4 is 32.6 Å². The lowest BCUT2D eigenvalue weighted by Gasteiger charge is -2.22. The van der Waals surface area contributed by atoms with Gasteiger partial charge < -0.3 is 19.1 Å². The third-order valence-electron chi connectivity index (χ3n) is 4.29. The zero-order valence-corrected chi connectivity index (χ0v) is 17.9. The Balaban J connectivity index is 1.86. The zero-order chi connectivity index (χ0) is 20.8. The molecule has 29 heavy (non-hydrogen) atoms. The largest absolute Gasteiger partial charge is 0.493 e. The van der Waals surface area contributed by atoms with Crippen LogP contribution in [0.2, 0.25) is 0 Å². The summed E-state index contributed by atoms with van der Waals surface area (Å²) >= 11 is 1.44. The van der Waals surface area contributed by atoms with E-state index in [4.69, 9.17) is 14.2 Å². The number of likely N-dealkylation sites (N-methyl/N-ethyl adjacent to an activating group) is 1. The summed E-state index contributed by atoms with van der Waals surface area (Å²) in [5, 5.41) is 0.624. The molecule has 0 spiro atoms. The Morgan fingerprint density at radius 2 is 1.72 bits per heavy atom. The fraction of sp³-hybridized carbons (Fsp3) is 0.333. The molecule has 0 bridgehead atoms. The van der Waals surface area contributed by atoms with Crippen LogP contribution in [0.15, 0.2) is 42.5 Å². The summed E-state index contributed by atoms with van der Waals surface area (Å²) in [5.74, 6) is 1.75. The van der Waals surface area contributed by atoms with Crippen LogP contribution in [0.1, 0.15) is 0 Å². The summed E-state index contributed by atoms with van der Waals surface area (Å²) in [6.45, 7) is 1.16. The van der Waals surface area contributed by atoms with Crippen LogP contribution in [0, 0.1) is 0 Å². The topological polar surface area (TPSA) is 64.1 Å². The SMILES string of the molecule is COc1cc2nc(N(CCN(C)C)C(=O)COc3ccccc3)sc2cc1OC. The van der Waals surface area contributed by atoms with Crippen molar-refractivity contribution in [3.63, 3.8) is 0 Å². The molecule has 3 aromatic rings. The smallest absolute Gasteiger partial charge is 0.266 e. The van der Waals surface area contributed by atoms with E-state index in [0.717, 1.165) is 10.2 Å². The van der Waals surface area contributed by atoms with E-state index >= 15 is 0 Å². The van der Waals surface area contributed by atoms with Crippen molar-refractivity contribution in [2.75, 3.05) is 52.9 Å². The molecule has 1 heterocycles. The fourth-order valence-electron chi connectivity index (χ4n) is 2.73. The zero-order valence-electron chi connectivity index (χ0n) is 17.0. The van der Waals surface area contributed by atoms with Gasteiger partial charge in [-0.05, 0) is 26.2 Å². The predicted octanol–water partition coefficient (Wildman–Crippen LogP) is 3.29. The average molecular weight is 416 g/mol. The Hall–Kier alpha value is -2.84. The van der Waals surface area contributed by atoms with E-state index in [1.807, 2.05) is 61.5 Å². The molecular weight excluding hydrogens is 390 g/mol. The first-order valence-electron chi connectivity index (χ1n) is 9.17. The maximum atomic E-state index is 13.0. The van der Waals surface area contributed by atoms with Gasteiger partial charge in [-0.1, -0.05) is 29.5 Å². The van der Waals surface area contributed by atoms with Crippen molar-refractivity contribution in [1.82, 2.24) is 9.88 Å². The molecule has 0 atom stereocenters. The second-order valence-corrected chi connectivity index (χ2v) is 7.63. The van der Waals surface area contributed by atoms with Crippen LogP contribution in [0.5, 0.6) is 17.2 Å². The number of aromatic nitrogens is 1. The summed E-state index contributed by atoms with van der Waals surface area (Å²) < 4.78 is 17.3. The molecule has 0 aliphatic carbocycles. The van der Waals surface area contributed by atoms with E-state index < -0.39 is 0 Å². The van der Waals surface area contributed by atoms with E-state index in [9.17, 15) is 4.79 Å². The lowest BCUT2D eigenvalue weighted by Crippen LogP contribution is -2.39. The molecule has 154 valence electrons. The number of carbonyl (C=O) groups is 1. The van der Waals surface area contributed by atoms with Crippen molar-refractivity contribution in [1.29, 1.82) is 0 Å². The normalized spacial score (nSPS) is 10.9. The van der Waals surface area contributed by atoms with Crippen molar-refractivity contribution in [2.24, 2.45) is 0 Å². The first-order chi connectivity index (χ1) is 14.0. The van der Waals surface area contributed by atoms with Gasteiger partial charge in [-0.25, -0.2) is 4.98 Å². The van der Waals surface area contributed by atoms with Gasteiger partial charge in [0.2, 0.25) is 0 Å². The molecule has 3 rings (SSSR count).